The van der Waals surface area contributed by atoms with Crippen molar-refractivity contribution in [3.05, 3.63) is 23.5 Å². The van der Waals surface area contributed by atoms with Gasteiger partial charge in [0.05, 0.1) is 17.3 Å². The molecule has 102 valence electrons. The van der Waals surface area contributed by atoms with E-state index in [1.807, 2.05) is 0 Å². The third-order valence-electron chi connectivity index (χ3n) is 3.52. The summed E-state index contributed by atoms with van der Waals surface area (Å²) in [6.45, 7) is 0. The van der Waals surface area contributed by atoms with Gasteiger partial charge in [-0.15, -0.1) is 0 Å². The van der Waals surface area contributed by atoms with Crippen LogP contribution in [0.2, 0.25) is 5.15 Å². The van der Waals surface area contributed by atoms with Crippen molar-refractivity contribution >= 4 is 29.2 Å². The second-order valence-corrected chi connectivity index (χ2v) is 5.27. The summed E-state index contributed by atoms with van der Waals surface area (Å²) in [5.74, 6) is -1.18. The molecule has 1 aliphatic carbocycles. The average molecular weight is 283 g/mol. The first-order valence-corrected chi connectivity index (χ1v) is 6.54. The number of aliphatic carboxylic acids is 1. The van der Waals surface area contributed by atoms with Gasteiger partial charge in [-0.1, -0.05) is 24.4 Å². The minimum absolute atomic E-state index is 0.00492. The lowest BCUT2D eigenvalue weighted by Gasteiger charge is -2.22. The van der Waals surface area contributed by atoms with E-state index in [1.165, 1.54) is 6.20 Å². The van der Waals surface area contributed by atoms with Crippen LogP contribution in [-0.4, -0.2) is 22.0 Å². The number of nitrogens with one attached hydrogen (secondary N) is 1. The lowest BCUT2D eigenvalue weighted by molar-refractivity contribution is -0.150. The molecule has 0 atom stereocenters. The van der Waals surface area contributed by atoms with Crippen LogP contribution in [0.25, 0.3) is 0 Å². The number of nitrogens with zero attached hydrogens (tertiary/aromatic N) is 1. The number of carbonyl (C=O) groups is 2. The summed E-state index contributed by atoms with van der Waals surface area (Å²) in [5.41, 5.74) is -0.378. The number of hydrogen-bond acceptors (Lipinski definition) is 3. The van der Waals surface area contributed by atoms with Crippen LogP contribution in [0.1, 0.15) is 32.1 Å². The summed E-state index contributed by atoms with van der Waals surface area (Å²) >= 11 is 5.65. The van der Waals surface area contributed by atoms with E-state index >= 15 is 0 Å². The van der Waals surface area contributed by atoms with Crippen LogP contribution in [0.3, 0.4) is 0 Å². The molecule has 0 spiro atoms. The van der Waals surface area contributed by atoms with Crippen LogP contribution in [-0.2, 0) is 9.59 Å². The van der Waals surface area contributed by atoms with Gasteiger partial charge in [0, 0.05) is 6.42 Å². The molecule has 19 heavy (non-hydrogen) atoms. The number of hydrogen-bond donors (Lipinski definition) is 2. The third-order valence-corrected chi connectivity index (χ3v) is 3.75. The summed E-state index contributed by atoms with van der Waals surface area (Å²) in [5, 5.41) is 12.3. The zero-order valence-corrected chi connectivity index (χ0v) is 11.1. The van der Waals surface area contributed by atoms with Gasteiger partial charge in [0.15, 0.2) is 0 Å². The molecular weight excluding hydrogens is 268 g/mol. The zero-order chi connectivity index (χ0) is 13.9. The summed E-state index contributed by atoms with van der Waals surface area (Å²) in [6.07, 6.45) is 4.31. The molecule has 6 heteroatoms. The fraction of sp³-hybridized carbons (Fsp3) is 0.462. The topological polar surface area (TPSA) is 79.3 Å². The first-order chi connectivity index (χ1) is 9.02. The number of rotatable bonds is 4. The second-order valence-electron chi connectivity index (χ2n) is 4.89. The average Bonchev–Trinajstić information content (AvgIpc) is 2.82. The van der Waals surface area contributed by atoms with Crippen molar-refractivity contribution in [1.82, 2.24) is 4.98 Å². The van der Waals surface area contributed by atoms with E-state index in [9.17, 15) is 14.7 Å². The van der Waals surface area contributed by atoms with Gasteiger partial charge >= 0.3 is 5.97 Å². The smallest absolute Gasteiger partial charge is 0.310 e. The Balaban J connectivity index is 2.00. The van der Waals surface area contributed by atoms with E-state index in [4.69, 9.17) is 11.6 Å². The fourth-order valence-electron chi connectivity index (χ4n) is 2.48. The maximum atomic E-state index is 11.9. The Hall–Kier alpha value is -1.62. The predicted octanol–water partition coefficient (Wildman–Crippen LogP) is 2.71. The van der Waals surface area contributed by atoms with Crippen molar-refractivity contribution in [3.8, 4) is 0 Å². The second kappa shape index (κ2) is 5.57. The Kier molecular flexibility index (Phi) is 4.04. The van der Waals surface area contributed by atoms with Crippen molar-refractivity contribution in [2.45, 2.75) is 32.1 Å². The molecule has 1 aromatic heterocycles. The maximum absolute atomic E-state index is 11.9. The standard InChI is InChI=1S/C13H15ClN2O3/c14-10-4-3-9(8-15-10)16-11(17)7-13(12(18)19)5-1-2-6-13/h3-4,8H,1-2,5-7H2,(H,16,17)(H,18,19). The van der Waals surface area contributed by atoms with Crippen molar-refractivity contribution in [2.75, 3.05) is 5.32 Å². The highest BCUT2D eigenvalue weighted by molar-refractivity contribution is 6.29. The zero-order valence-electron chi connectivity index (χ0n) is 10.4. The van der Waals surface area contributed by atoms with Crippen molar-refractivity contribution in [2.24, 2.45) is 5.41 Å². The largest absolute Gasteiger partial charge is 0.481 e. The quantitative estimate of drug-likeness (QED) is 0.832. The lowest BCUT2D eigenvalue weighted by atomic mass is 9.82. The molecule has 1 heterocycles. The van der Waals surface area contributed by atoms with E-state index in [0.717, 1.165) is 12.8 Å². The molecule has 1 fully saturated rings. The van der Waals surface area contributed by atoms with Crippen molar-refractivity contribution < 1.29 is 14.7 Å². The molecule has 5 nitrogen and oxygen atoms in total. The molecule has 0 radical (unpaired) electrons. The SMILES string of the molecule is O=C(CC1(C(=O)O)CCCC1)Nc1ccc(Cl)nc1. The Bertz CT molecular complexity index is 481. The van der Waals surface area contributed by atoms with E-state index < -0.39 is 11.4 Å². The number of amides is 1. The van der Waals surface area contributed by atoms with E-state index in [2.05, 4.69) is 10.3 Å². The van der Waals surface area contributed by atoms with Gasteiger partial charge in [0.25, 0.3) is 0 Å². The molecule has 1 aromatic rings. The summed E-state index contributed by atoms with van der Waals surface area (Å²) in [6, 6.07) is 3.20. The highest BCUT2D eigenvalue weighted by atomic mass is 35.5. The normalized spacial score (nSPS) is 17.1. The molecule has 1 amide bonds. The molecule has 0 bridgehead atoms. The Morgan fingerprint density at radius 3 is 2.58 bits per heavy atom. The maximum Gasteiger partial charge on any atom is 0.310 e. The van der Waals surface area contributed by atoms with Crippen LogP contribution < -0.4 is 5.32 Å². The van der Waals surface area contributed by atoms with Crippen molar-refractivity contribution in [3.63, 3.8) is 0 Å². The van der Waals surface area contributed by atoms with Gasteiger partial charge in [-0.05, 0) is 25.0 Å². The third kappa shape index (κ3) is 3.23. The number of halogens is 1. The number of carboxylic acids is 1. The summed E-state index contributed by atoms with van der Waals surface area (Å²) < 4.78 is 0. The number of carbonyl (C=O) groups excluding carboxylic acids is 1. The number of carboxylic acid groups (broad SMARTS) is 1. The molecule has 0 aliphatic heterocycles. The highest BCUT2D eigenvalue weighted by Gasteiger charge is 2.42. The number of pyridine rings is 1. The van der Waals surface area contributed by atoms with Gasteiger partial charge in [-0.25, -0.2) is 4.98 Å². The number of anilines is 1. The lowest BCUT2D eigenvalue weighted by Crippen LogP contribution is -2.32. The summed E-state index contributed by atoms with van der Waals surface area (Å²) in [4.78, 5) is 27.1. The van der Waals surface area contributed by atoms with Crippen LogP contribution in [0.4, 0.5) is 5.69 Å². The minimum atomic E-state index is -0.899. The van der Waals surface area contributed by atoms with E-state index in [-0.39, 0.29) is 12.3 Å². The molecule has 2 rings (SSSR count). The van der Waals surface area contributed by atoms with E-state index in [1.54, 1.807) is 12.1 Å². The minimum Gasteiger partial charge on any atom is -0.481 e. The molecule has 0 saturated heterocycles. The van der Waals surface area contributed by atoms with Gasteiger partial charge in [0.2, 0.25) is 5.91 Å². The van der Waals surface area contributed by atoms with Crippen molar-refractivity contribution in [1.29, 1.82) is 0 Å². The Morgan fingerprint density at radius 2 is 2.05 bits per heavy atom. The molecule has 2 N–H and O–H groups in total. The predicted molar refractivity (Wildman–Crippen MR) is 71.0 cm³/mol. The van der Waals surface area contributed by atoms with Gasteiger partial charge in [-0.3, -0.25) is 9.59 Å². The first-order valence-electron chi connectivity index (χ1n) is 6.17. The fourth-order valence-corrected chi connectivity index (χ4v) is 2.59. The molecular formula is C13H15ClN2O3. The molecule has 1 aliphatic rings. The van der Waals surface area contributed by atoms with Gasteiger partial charge < -0.3 is 10.4 Å². The monoisotopic (exact) mass is 282 g/mol. The van der Waals surface area contributed by atoms with Crippen LogP contribution in [0, 0.1) is 5.41 Å². The number of aromatic nitrogens is 1. The molecule has 0 aromatic carbocycles. The Morgan fingerprint density at radius 1 is 1.37 bits per heavy atom. The van der Waals surface area contributed by atoms with Crippen LogP contribution >= 0.6 is 11.6 Å². The van der Waals surface area contributed by atoms with Crippen LogP contribution in [0.5, 0.6) is 0 Å². The summed E-state index contributed by atoms with van der Waals surface area (Å²) in [7, 11) is 0. The molecule has 1 saturated carbocycles. The first kappa shape index (κ1) is 13.8. The molecule has 0 unspecified atom stereocenters. The van der Waals surface area contributed by atoms with E-state index in [0.29, 0.717) is 23.7 Å². The Labute approximate surface area is 116 Å². The van der Waals surface area contributed by atoms with Crippen LogP contribution in [0.15, 0.2) is 18.3 Å². The van der Waals surface area contributed by atoms with Gasteiger partial charge in [0.1, 0.15) is 5.15 Å². The highest BCUT2D eigenvalue weighted by Crippen LogP contribution is 2.41. The van der Waals surface area contributed by atoms with Gasteiger partial charge in [-0.2, -0.15) is 0 Å².